The monoisotopic (exact) mass is 157 g/mol. The maximum absolute atomic E-state index is 10.4. The fraction of sp³-hybridized carbons (Fsp3) is 0.889. The van der Waals surface area contributed by atoms with Crippen LogP contribution in [0, 0.1) is 5.92 Å². The normalized spacial score (nSPS) is 12.9. The van der Waals surface area contributed by atoms with Gasteiger partial charge in [-0.25, -0.2) is 0 Å². The summed E-state index contributed by atoms with van der Waals surface area (Å²) in [6.45, 7) is 4.36. The van der Waals surface area contributed by atoms with Crippen molar-refractivity contribution in [2.75, 3.05) is 0 Å². The van der Waals surface area contributed by atoms with Gasteiger partial charge in [0, 0.05) is 6.42 Å². The number of unbranched alkanes of at least 4 members (excludes halogenated alkanes) is 1. The van der Waals surface area contributed by atoms with E-state index in [0.29, 0.717) is 12.3 Å². The highest BCUT2D eigenvalue weighted by Gasteiger charge is 2.02. The van der Waals surface area contributed by atoms with Gasteiger partial charge in [-0.05, 0) is 12.3 Å². The number of hydrogen-bond donors (Lipinski definition) is 1. The summed E-state index contributed by atoms with van der Waals surface area (Å²) in [7, 11) is 0. The molecule has 1 unspecified atom stereocenters. The molecular formula is C9H19NO. The lowest BCUT2D eigenvalue weighted by Crippen LogP contribution is -2.11. The van der Waals surface area contributed by atoms with Gasteiger partial charge in [-0.2, -0.15) is 0 Å². The average molecular weight is 157 g/mol. The number of amides is 1. The summed E-state index contributed by atoms with van der Waals surface area (Å²) in [4.78, 5) is 10.4. The maximum Gasteiger partial charge on any atom is 0.217 e. The molecule has 0 spiro atoms. The van der Waals surface area contributed by atoms with Crippen molar-refractivity contribution < 1.29 is 4.79 Å². The quantitative estimate of drug-likeness (QED) is 0.630. The van der Waals surface area contributed by atoms with Crippen LogP contribution in [0.5, 0.6) is 0 Å². The Hall–Kier alpha value is -0.530. The topological polar surface area (TPSA) is 43.1 Å². The first-order chi connectivity index (χ1) is 5.16. The summed E-state index contributed by atoms with van der Waals surface area (Å²) in [5.74, 6) is 0.482. The number of nitrogens with two attached hydrogens (primary N) is 1. The van der Waals surface area contributed by atoms with E-state index in [4.69, 9.17) is 5.73 Å². The third kappa shape index (κ3) is 7.37. The van der Waals surface area contributed by atoms with E-state index in [1.807, 2.05) is 0 Å². The van der Waals surface area contributed by atoms with Gasteiger partial charge in [-0.1, -0.05) is 33.1 Å². The number of carbonyl (C=O) groups is 1. The van der Waals surface area contributed by atoms with Crippen LogP contribution in [0.4, 0.5) is 0 Å². The van der Waals surface area contributed by atoms with E-state index >= 15 is 0 Å². The van der Waals surface area contributed by atoms with Gasteiger partial charge < -0.3 is 5.73 Å². The Morgan fingerprint density at radius 2 is 2.09 bits per heavy atom. The maximum atomic E-state index is 10.4. The predicted molar refractivity (Wildman–Crippen MR) is 47.1 cm³/mol. The van der Waals surface area contributed by atoms with Gasteiger partial charge in [-0.15, -0.1) is 0 Å². The van der Waals surface area contributed by atoms with Crippen LogP contribution in [0.25, 0.3) is 0 Å². The fourth-order valence-electron chi connectivity index (χ4n) is 1.09. The second-order valence-electron chi connectivity index (χ2n) is 3.25. The van der Waals surface area contributed by atoms with Gasteiger partial charge in [0.15, 0.2) is 0 Å². The molecule has 0 aromatic rings. The highest BCUT2D eigenvalue weighted by atomic mass is 16.1. The van der Waals surface area contributed by atoms with Gasteiger partial charge in [0.25, 0.3) is 0 Å². The second kappa shape index (κ2) is 6.20. The molecule has 1 atom stereocenters. The van der Waals surface area contributed by atoms with E-state index in [-0.39, 0.29) is 5.91 Å². The molecule has 0 fully saturated rings. The van der Waals surface area contributed by atoms with Crippen LogP contribution in [0.15, 0.2) is 0 Å². The average Bonchev–Trinajstić information content (AvgIpc) is 1.97. The second-order valence-corrected chi connectivity index (χ2v) is 3.25. The van der Waals surface area contributed by atoms with Crippen molar-refractivity contribution in [3.63, 3.8) is 0 Å². The van der Waals surface area contributed by atoms with Gasteiger partial charge in [0.05, 0.1) is 0 Å². The van der Waals surface area contributed by atoms with E-state index in [1.165, 1.54) is 19.3 Å². The Labute approximate surface area is 69.2 Å². The van der Waals surface area contributed by atoms with Crippen LogP contribution in [0.3, 0.4) is 0 Å². The van der Waals surface area contributed by atoms with Crippen LogP contribution < -0.4 is 5.73 Å². The smallest absolute Gasteiger partial charge is 0.217 e. The Morgan fingerprint density at radius 3 is 2.55 bits per heavy atom. The number of hydrogen-bond acceptors (Lipinski definition) is 1. The standard InChI is InChI=1S/C9H19NO/c1-3-4-5-8(2)6-7-9(10)11/h8H,3-7H2,1-2H3,(H2,10,11). The molecule has 0 radical (unpaired) electrons. The molecule has 0 bridgehead atoms. The molecule has 2 nitrogen and oxygen atoms in total. The van der Waals surface area contributed by atoms with Crippen LogP contribution in [0.1, 0.15) is 46.0 Å². The Balaban J connectivity index is 3.22. The van der Waals surface area contributed by atoms with Crippen molar-refractivity contribution in [2.45, 2.75) is 46.0 Å². The molecule has 0 aliphatic rings. The molecule has 11 heavy (non-hydrogen) atoms. The molecule has 0 aromatic carbocycles. The van der Waals surface area contributed by atoms with Crippen LogP contribution in [0.2, 0.25) is 0 Å². The Kier molecular flexibility index (Phi) is 5.90. The summed E-state index contributed by atoms with van der Waals surface area (Å²) >= 11 is 0. The van der Waals surface area contributed by atoms with Crippen molar-refractivity contribution in [3.8, 4) is 0 Å². The largest absolute Gasteiger partial charge is 0.370 e. The van der Waals surface area contributed by atoms with Crippen molar-refractivity contribution in [3.05, 3.63) is 0 Å². The van der Waals surface area contributed by atoms with E-state index in [1.54, 1.807) is 0 Å². The first kappa shape index (κ1) is 10.5. The third-order valence-electron chi connectivity index (χ3n) is 1.93. The van der Waals surface area contributed by atoms with E-state index in [9.17, 15) is 4.79 Å². The fourth-order valence-corrected chi connectivity index (χ4v) is 1.09. The summed E-state index contributed by atoms with van der Waals surface area (Å²) in [5.41, 5.74) is 5.03. The summed E-state index contributed by atoms with van der Waals surface area (Å²) in [5, 5.41) is 0. The number of carbonyl (C=O) groups excluding carboxylic acids is 1. The molecule has 0 aliphatic carbocycles. The minimum absolute atomic E-state index is 0.173. The first-order valence-corrected chi connectivity index (χ1v) is 4.45. The molecule has 2 heteroatoms. The number of primary amides is 1. The zero-order valence-corrected chi connectivity index (χ0v) is 7.60. The van der Waals surface area contributed by atoms with Gasteiger partial charge in [0.2, 0.25) is 5.91 Å². The molecular weight excluding hydrogens is 138 g/mol. The summed E-state index contributed by atoms with van der Waals surface area (Å²) < 4.78 is 0. The molecule has 0 heterocycles. The first-order valence-electron chi connectivity index (χ1n) is 4.45. The van der Waals surface area contributed by atoms with Crippen LogP contribution in [-0.4, -0.2) is 5.91 Å². The Bertz CT molecular complexity index is 112. The lowest BCUT2D eigenvalue weighted by atomic mass is 9.99. The highest BCUT2D eigenvalue weighted by molar-refractivity contribution is 5.73. The molecule has 0 saturated heterocycles. The van der Waals surface area contributed by atoms with Crippen LogP contribution in [-0.2, 0) is 4.79 Å². The van der Waals surface area contributed by atoms with Gasteiger partial charge in [0.1, 0.15) is 0 Å². The zero-order valence-electron chi connectivity index (χ0n) is 7.60. The third-order valence-corrected chi connectivity index (χ3v) is 1.93. The zero-order chi connectivity index (χ0) is 8.69. The van der Waals surface area contributed by atoms with Gasteiger partial charge >= 0.3 is 0 Å². The minimum atomic E-state index is -0.173. The predicted octanol–water partition coefficient (Wildman–Crippen LogP) is 2.08. The van der Waals surface area contributed by atoms with E-state index < -0.39 is 0 Å². The molecule has 0 rings (SSSR count). The molecule has 0 aliphatic heterocycles. The number of rotatable bonds is 6. The lowest BCUT2D eigenvalue weighted by molar-refractivity contribution is -0.118. The Morgan fingerprint density at radius 1 is 1.45 bits per heavy atom. The SMILES string of the molecule is CCCCC(C)CCC(N)=O. The van der Waals surface area contributed by atoms with E-state index in [0.717, 1.165) is 6.42 Å². The van der Waals surface area contributed by atoms with Crippen LogP contribution >= 0.6 is 0 Å². The van der Waals surface area contributed by atoms with Gasteiger partial charge in [-0.3, -0.25) is 4.79 Å². The molecule has 0 aromatic heterocycles. The lowest BCUT2D eigenvalue weighted by Gasteiger charge is -2.07. The molecule has 2 N–H and O–H groups in total. The molecule has 1 amide bonds. The van der Waals surface area contributed by atoms with Crippen molar-refractivity contribution >= 4 is 5.91 Å². The van der Waals surface area contributed by atoms with Crippen molar-refractivity contribution in [2.24, 2.45) is 11.7 Å². The highest BCUT2D eigenvalue weighted by Crippen LogP contribution is 2.12. The van der Waals surface area contributed by atoms with Crippen molar-refractivity contribution in [1.82, 2.24) is 0 Å². The summed E-state index contributed by atoms with van der Waals surface area (Å²) in [6, 6.07) is 0. The molecule has 0 saturated carbocycles. The minimum Gasteiger partial charge on any atom is -0.370 e. The summed E-state index contributed by atoms with van der Waals surface area (Å²) in [6.07, 6.45) is 5.23. The molecule has 66 valence electrons. The van der Waals surface area contributed by atoms with Crippen molar-refractivity contribution in [1.29, 1.82) is 0 Å². The van der Waals surface area contributed by atoms with E-state index in [2.05, 4.69) is 13.8 Å².